The van der Waals surface area contributed by atoms with E-state index < -0.39 is 5.97 Å². The third-order valence-electron chi connectivity index (χ3n) is 2.93. The van der Waals surface area contributed by atoms with Gasteiger partial charge in [-0.25, -0.2) is 4.79 Å². The second-order valence-electron chi connectivity index (χ2n) is 4.55. The number of benzene rings is 2. The van der Waals surface area contributed by atoms with Crippen molar-refractivity contribution in [2.45, 2.75) is 13.3 Å². The van der Waals surface area contributed by atoms with Crippen LogP contribution in [0.4, 0.5) is 5.69 Å². The highest BCUT2D eigenvalue weighted by atomic mass is 16.4. The van der Waals surface area contributed by atoms with Crippen molar-refractivity contribution in [3.63, 3.8) is 0 Å². The minimum absolute atomic E-state index is 0.0380. The molecule has 1 amide bonds. The van der Waals surface area contributed by atoms with Gasteiger partial charge < -0.3 is 10.4 Å². The molecule has 2 rings (SSSR count). The van der Waals surface area contributed by atoms with Crippen LogP contribution in [0.2, 0.25) is 0 Å². The fourth-order valence-electron chi connectivity index (χ4n) is 1.90. The molecule has 4 nitrogen and oxygen atoms in total. The number of hydrogen-bond acceptors (Lipinski definition) is 2. The van der Waals surface area contributed by atoms with E-state index in [1.807, 2.05) is 31.2 Å². The maximum atomic E-state index is 11.9. The minimum Gasteiger partial charge on any atom is -0.478 e. The van der Waals surface area contributed by atoms with E-state index in [0.717, 1.165) is 5.56 Å². The lowest BCUT2D eigenvalue weighted by Gasteiger charge is -2.07. The number of aromatic carboxylic acids is 1. The van der Waals surface area contributed by atoms with Gasteiger partial charge in [0.25, 0.3) is 0 Å². The van der Waals surface area contributed by atoms with Crippen LogP contribution in [0.5, 0.6) is 0 Å². The summed E-state index contributed by atoms with van der Waals surface area (Å²) in [5, 5.41) is 11.8. The van der Waals surface area contributed by atoms with E-state index in [0.29, 0.717) is 11.3 Å². The van der Waals surface area contributed by atoms with Gasteiger partial charge in [0.1, 0.15) is 0 Å². The average Bonchev–Trinajstić information content (AvgIpc) is 2.41. The fraction of sp³-hybridized carbons (Fsp3) is 0.125. The zero-order valence-corrected chi connectivity index (χ0v) is 11.1. The molecule has 2 aromatic rings. The van der Waals surface area contributed by atoms with Crippen molar-refractivity contribution >= 4 is 17.6 Å². The molecule has 20 heavy (non-hydrogen) atoms. The summed E-state index contributed by atoms with van der Waals surface area (Å²) in [6.45, 7) is 1.97. The summed E-state index contributed by atoms with van der Waals surface area (Å²) in [6, 6.07) is 14.0. The van der Waals surface area contributed by atoms with Gasteiger partial charge in [-0.2, -0.15) is 0 Å². The molecule has 0 atom stereocenters. The lowest BCUT2D eigenvalue weighted by atomic mass is 10.0. The largest absolute Gasteiger partial charge is 0.478 e. The Kier molecular flexibility index (Phi) is 4.15. The summed E-state index contributed by atoms with van der Waals surface area (Å²) in [5.41, 5.74) is 2.48. The van der Waals surface area contributed by atoms with Crippen molar-refractivity contribution in [1.82, 2.24) is 0 Å². The smallest absolute Gasteiger partial charge is 0.335 e. The van der Waals surface area contributed by atoms with Crippen LogP contribution in [0.15, 0.2) is 48.5 Å². The summed E-state index contributed by atoms with van der Waals surface area (Å²) in [6.07, 6.45) is 0.0380. The van der Waals surface area contributed by atoms with E-state index in [4.69, 9.17) is 5.11 Å². The van der Waals surface area contributed by atoms with Gasteiger partial charge in [0, 0.05) is 5.69 Å². The molecule has 102 valence electrons. The Hall–Kier alpha value is -2.62. The first-order valence-corrected chi connectivity index (χ1v) is 6.24. The predicted molar refractivity (Wildman–Crippen MR) is 76.9 cm³/mol. The van der Waals surface area contributed by atoms with Crippen LogP contribution >= 0.6 is 0 Å². The predicted octanol–water partition coefficient (Wildman–Crippen LogP) is 2.87. The molecule has 0 unspecified atom stereocenters. The molecule has 0 aliphatic carbocycles. The fourth-order valence-corrected chi connectivity index (χ4v) is 1.90. The number of aryl methyl sites for hydroxylation is 1. The van der Waals surface area contributed by atoms with Crippen LogP contribution < -0.4 is 5.32 Å². The number of carbonyl (C=O) groups excluding carboxylic acids is 1. The van der Waals surface area contributed by atoms with E-state index in [2.05, 4.69) is 5.32 Å². The number of rotatable bonds is 4. The third-order valence-corrected chi connectivity index (χ3v) is 2.93. The standard InChI is InChI=1S/C16H15NO3/c1-11-6-8-13(9-7-11)17-15(18)10-12-4-2-3-5-14(12)16(19)20/h2-9H,10H2,1H3,(H,17,18)(H,19,20). The van der Waals surface area contributed by atoms with Crippen molar-refractivity contribution in [3.05, 3.63) is 65.2 Å². The van der Waals surface area contributed by atoms with Gasteiger partial charge >= 0.3 is 5.97 Å². The van der Waals surface area contributed by atoms with Gasteiger partial charge in [-0.1, -0.05) is 35.9 Å². The Balaban J connectivity index is 2.08. The van der Waals surface area contributed by atoms with E-state index in [1.165, 1.54) is 6.07 Å². The molecule has 0 saturated carbocycles. The first-order chi connectivity index (χ1) is 9.56. The second kappa shape index (κ2) is 6.02. The zero-order valence-electron chi connectivity index (χ0n) is 11.1. The number of amides is 1. The van der Waals surface area contributed by atoms with Gasteiger partial charge in [-0.3, -0.25) is 4.79 Å². The molecule has 0 heterocycles. The third kappa shape index (κ3) is 3.45. The van der Waals surface area contributed by atoms with E-state index in [1.54, 1.807) is 18.2 Å². The Morgan fingerprint density at radius 2 is 1.70 bits per heavy atom. The second-order valence-corrected chi connectivity index (χ2v) is 4.55. The maximum absolute atomic E-state index is 11.9. The molecule has 0 aromatic heterocycles. The monoisotopic (exact) mass is 269 g/mol. The highest BCUT2D eigenvalue weighted by Crippen LogP contribution is 2.12. The van der Waals surface area contributed by atoms with Gasteiger partial charge in [-0.05, 0) is 30.7 Å². The molecule has 0 aliphatic rings. The van der Waals surface area contributed by atoms with Crippen LogP contribution in [0.25, 0.3) is 0 Å². The maximum Gasteiger partial charge on any atom is 0.335 e. The molecule has 0 bridgehead atoms. The van der Waals surface area contributed by atoms with Crippen molar-refractivity contribution in [3.8, 4) is 0 Å². The van der Waals surface area contributed by atoms with E-state index in [9.17, 15) is 9.59 Å². The Morgan fingerprint density at radius 1 is 1.05 bits per heavy atom. The van der Waals surface area contributed by atoms with Crippen LogP contribution in [0.3, 0.4) is 0 Å². The highest BCUT2D eigenvalue weighted by Gasteiger charge is 2.12. The molecule has 0 radical (unpaired) electrons. The summed E-state index contributed by atoms with van der Waals surface area (Å²) in [5.74, 6) is -1.26. The van der Waals surface area contributed by atoms with Crippen LogP contribution in [0.1, 0.15) is 21.5 Å². The first kappa shape index (κ1) is 13.8. The van der Waals surface area contributed by atoms with Crippen LogP contribution in [0, 0.1) is 6.92 Å². The lowest BCUT2D eigenvalue weighted by molar-refractivity contribution is -0.115. The summed E-state index contributed by atoms with van der Waals surface area (Å²) < 4.78 is 0. The summed E-state index contributed by atoms with van der Waals surface area (Å²) in [4.78, 5) is 23.0. The highest BCUT2D eigenvalue weighted by molar-refractivity contribution is 5.96. The molecule has 0 fully saturated rings. The molecule has 2 N–H and O–H groups in total. The number of anilines is 1. The Labute approximate surface area is 117 Å². The Bertz CT molecular complexity index is 632. The minimum atomic E-state index is -1.02. The molecular formula is C16H15NO3. The quantitative estimate of drug-likeness (QED) is 0.896. The topological polar surface area (TPSA) is 66.4 Å². The number of carboxylic acids is 1. The molecule has 2 aromatic carbocycles. The number of nitrogens with one attached hydrogen (secondary N) is 1. The molecule has 0 spiro atoms. The van der Waals surface area contributed by atoms with Crippen molar-refractivity contribution < 1.29 is 14.7 Å². The number of carbonyl (C=O) groups is 2. The van der Waals surface area contributed by atoms with Crippen molar-refractivity contribution in [2.24, 2.45) is 0 Å². The van der Waals surface area contributed by atoms with Gasteiger partial charge in [0.15, 0.2) is 0 Å². The van der Waals surface area contributed by atoms with Gasteiger partial charge in [0.2, 0.25) is 5.91 Å². The van der Waals surface area contributed by atoms with E-state index in [-0.39, 0.29) is 17.9 Å². The van der Waals surface area contributed by atoms with E-state index >= 15 is 0 Å². The van der Waals surface area contributed by atoms with Gasteiger partial charge in [-0.15, -0.1) is 0 Å². The summed E-state index contributed by atoms with van der Waals surface area (Å²) >= 11 is 0. The van der Waals surface area contributed by atoms with Crippen molar-refractivity contribution in [2.75, 3.05) is 5.32 Å². The Morgan fingerprint density at radius 3 is 2.35 bits per heavy atom. The number of carboxylic acid groups (broad SMARTS) is 1. The first-order valence-electron chi connectivity index (χ1n) is 6.24. The van der Waals surface area contributed by atoms with Crippen LogP contribution in [-0.4, -0.2) is 17.0 Å². The molecule has 4 heteroatoms. The zero-order chi connectivity index (χ0) is 14.5. The normalized spacial score (nSPS) is 10.1. The number of hydrogen-bond donors (Lipinski definition) is 2. The molecule has 0 saturated heterocycles. The van der Waals surface area contributed by atoms with Crippen molar-refractivity contribution in [1.29, 1.82) is 0 Å². The summed E-state index contributed by atoms with van der Waals surface area (Å²) in [7, 11) is 0. The molecular weight excluding hydrogens is 254 g/mol. The molecule has 0 aliphatic heterocycles. The SMILES string of the molecule is Cc1ccc(NC(=O)Cc2ccccc2C(=O)O)cc1. The van der Waals surface area contributed by atoms with Gasteiger partial charge in [0.05, 0.1) is 12.0 Å². The average molecular weight is 269 g/mol. The lowest BCUT2D eigenvalue weighted by Crippen LogP contribution is -2.16. The van der Waals surface area contributed by atoms with Crippen LogP contribution in [-0.2, 0) is 11.2 Å².